The summed E-state index contributed by atoms with van der Waals surface area (Å²) in [6, 6.07) is 10.8. The summed E-state index contributed by atoms with van der Waals surface area (Å²) in [5.74, 6) is -0.975. The largest absolute Gasteiger partial charge is 0.478 e. The van der Waals surface area contributed by atoms with E-state index in [1.807, 2.05) is 0 Å². The molecule has 0 unspecified atom stereocenters. The van der Waals surface area contributed by atoms with Gasteiger partial charge in [-0.05, 0) is 29.8 Å². The average Bonchev–Trinajstić information content (AvgIpc) is 2.45. The monoisotopic (exact) mass is 306 g/mol. The van der Waals surface area contributed by atoms with Gasteiger partial charge in [0.1, 0.15) is 5.02 Å². The Bertz CT molecular complexity index is 686. The molecular formula is C14H11ClN2O4. The summed E-state index contributed by atoms with van der Waals surface area (Å²) in [7, 11) is 0. The smallest absolute Gasteiger partial charge is 0.335 e. The lowest BCUT2D eigenvalue weighted by molar-refractivity contribution is -0.384. The standard InChI is InChI=1S/C14H11ClN2O4/c15-12-7-11(5-6-13(12)17(20)21)16-8-9-1-3-10(4-2-9)14(18)19/h1-7,16H,8H2,(H,18,19). The van der Waals surface area contributed by atoms with Crippen LogP contribution in [0.3, 0.4) is 0 Å². The van der Waals surface area contributed by atoms with E-state index in [-0.39, 0.29) is 16.3 Å². The normalized spacial score (nSPS) is 10.1. The molecule has 0 amide bonds. The maximum atomic E-state index is 10.7. The van der Waals surface area contributed by atoms with Crippen molar-refractivity contribution in [3.63, 3.8) is 0 Å². The van der Waals surface area contributed by atoms with Gasteiger partial charge in [-0.1, -0.05) is 23.7 Å². The summed E-state index contributed by atoms with van der Waals surface area (Å²) in [6.07, 6.45) is 0. The molecule has 0 atom stereocenters. The van der Waals surface area contributed by atoms with Crippen molar-refractivity contribution in [1.82, 2.24) is 0 Å². The van der Waals surface area contributed by atoms with Gasteiger partial charge in [0.05, 0.1) is 10.5 Å². The summed E-state index contributed by atoms with van der Waals surface area (Å²) >= 11 is 5.81. The highest BCUT2D eigenvalue weighted by atomic mass is 35.5. The van der Waals surface area contributed by atoms with E-state index in [1.165, 1.54) is 24.3 Å². The van der Waals surface area contributed by atoms with Crippen LogP contribution < -0.4 is 5.32 Å². The van der Waals surface area contributed by atoms with Crippen molar-refractivity contribution >= 4 is 28.9 Å². The summed E-state index contributed by atoms with van der Waals surface area (Å²) < 4.78 is 0. The number of hydrogen-bond donors (Lipinski definition) is 2. The number of hydrogen-bond acceptors (Lipinski definition) is 4. The van der Waals surface area contributed by atoms with Crippen molar-refractivity contribution in [2.75, 3.05) is 5.32 Å². The Kier molecular flexibility index (Phi) is 4.39. The highest BCUT2D eigenvalue weighted by molar-refractivity contribution is 6.32. The SMILES string of the molecule is O=C(O)c1ccc(CNc2ccc([N+](=O)[O-])c(Cl)c2)cc1. The number of nitrogens with zero attached hydrogens (tertiary/aromatic N) is 1. The third kappa shape index (κ3) is 3.70. The summed E-state index contributed by atoms with van der Waals surface area (Å²) in [6.45, 7) is 0.452. The number of carboxylic acid groups (broad SMARTS) is 1. The number of aromatic carboxylic acids is 1. The Labute approximate surface area is 125 Å². The summed E-state index contributed by atoms with van der Waals surface area (Å²) in [5.41, 5.74) is 1.60. The molecule has 7 heteroatoms. The maximum Gasteiger partial charge on any atom is 0.335 e. The molecule has 0 fully saturated rings. The summed E-state index contributed by atoms with van der Waals surface area (Å²) in [5, 5.41) is 22.6. The van der Waals surface area contributed by atoms with Crippen molar-refractivity contribution in [2.24, 2.45) is 0 Å². The molecule has 0 radical (unpaired) electrons. The molecule has 0 heterocycles. The lowest BCUT2D eigenvalue weighted by Gasteiger charge is -2.07. The van der Waals surface area contributed by atoms with E-state index in [0.29, 0.717) is 12.2 Å². The second-order valence-corrected chi connectivity index (χ2v) is 4.69. The first kappa shape index (κ1) is 14.8. The molecule has 0 aliphatic heterocycles. The number of carbonyl (C=O) groups is 1. The van der Waals surface area contributed by atoms with Crippen LogP contribution >= 0.6 is 11.6 Å². The molecular weight excluding hydrogens is 296 g/mol. The summed E-state index contributed by atoms with van der Waals surface area (Å²) in [4.78, 5) is 20.8. The van der Waals surface area contributed by atoms with Gasteiger partial charge in [-0.2, -0.15) is 0 Å². The zero-order chi connectivity index (χ0) is 15.4. The molecule has 2 aromatic carbocycles. The van der Waals surface area contributed by atoms with E-state index in [0.717, 1.165) is 5.56 Å². The fraction of sp³-hybridized carbons (Fsp3) is 0.0714. The van der Waals surface area contributed by atoms with Gasteiger partial charge in [-0.15, -0.1) is 0 Å². The number of nitrogens with one attached hydrogen (secondary N) is 1. The van der Waals surface area contributed by atoms with Crippen LogP contribution in [0.1, 0.15) is 15.9 Å². The number of rotatable bonds is 5. The van der Waals surface area contributed by atoms with Gasteiger partial charge in [0, 0.05) is 18.3 Å². The quantitative estimate of drug-likeness (QED) is 0.651. The van der Waals surface area contributed by atoms with E-state index < -0.39 is 10.9 Å². The molecule has 0 aromatic heterocycles. The van der Waals surface area contributed by atoms with E-state index in [9.17, 15) is 14.9 Å². The fourth-order valence-electron chi connectivity index (χ4n) is 1.73. The number of anilines is 1. The number of nitro groups is 1. The number of carboxylic acids is 1. The van der Waals surface area contributed by atoms with Crippen molar-refractivity contribution < 1.29 is 14.8 Å². The highest BCUT2D eigenvalue weighted by Gasteiger charge is 2.11. The van der Waals surface area contributed by atoms with Gasteiger partial charge in [0.15, 0.2) is 0 Å². The molecule has 0 aliphatic carbocycles. The molecule has 0 saturated heterocycles. The van der Waals surface area contributed by atoms with Crippen molar-refractivity contribution in [3.05, 3.63) is 68.7 Å². The molecule has 0 aliphatic rings. The Morgan fingerprint density at radius 1 is 1.24 bits per heavy atom. The van der Waals surface area contributed by atoms with Crippen molar-refractivity contribution in [2.45, 2.75) is 6.54 Å². The first-order valence-electron chi connectivity index (χ1n) is 5.97. The average molecular weight is 307 g/mol. The predicted octanol–water partition coefficient (Wildman–Crippen LogP) is 3.56. The fourth-order valence-corrected chi connectivity index (χ4v) is 1.98. The van der Waals surface area contributed by atoms with Crippen LogP contribution in [0.25, 0.3) is 0 Å². The second kappa shape index (κ2) is 6.23. The Balaban J connectivity index is 2.04. The number of benzene rings is 2. The third-order valence-electron chi connectivity index (χ3n) is 2.84. The molecule has 0 bridgehead atoms. The van der Waals surface area contributed by atoms with E-state index in [2.05, 4.69) is 5.32 Å². The first-order chi connectivity index (χ1) is 9.97. The molecule has 0 spiro atoms. The number of halogens is 1. The molecule has 2 N–H and O–H groups in total. The predicted molar refractivity (Wildman–Crippen MR) is 78.8 cm³/mol. The minimum Gasteiger partial charge on any atom is -0.478 e. The van der Waals surface area contributed by atoms with Crippen LogP contribution in [-0.4, -0.2) is 16.0 Å². The lowest BCUT2D eigenvalue weighted by Crippen LogP contribution is -2.01. The molecule has 108 valence electrons. The Hall–Kier alpha value is -2.60. The van der Waals surface area contributed by atoms with Crippen molar-refractivity contribution in [1.29, 1.82) is 0 Å². The maximum absolute atomic E-state index is 10.7. The lowest BCUT2D eigenvalue weighted by atomic mass is 10.1. The van der Waals surface area contributed by atoms with Crippen molar-refractivity contribution in [3.8, 4) is 0 Å². The highest BCUT2D eigenvalue weighted by Crippen LogP contribution is 2.27. The van der Waals surface area contributed by atoms with Gasteiger partial charge >= 0.3 is 5.97 Å². The third-order valence-corrected chi connectivity index (χ3v) is 3.14. The van der Waals surface area contributed by atoms with Crippen LogP contribution in [-0.2, 0) is 6.54 Å². The van der Waals surface area contributed by atoms with E-state index in [4.69, 9.17) is 16.7 Å². The topological polar surface area (TPSA) is 92.5 Å². The minimum atomic E-state index is -0.975. The Morgan fingerprint density at radius 3 is 2.43 bits per heavy atom. The number of nitro benzene ring substituents is 1. The van der Waals surface area contributed by atoms with Gasteiger partial charge in [-0.25, -0.2) is 4.79 Å². The zero-order valence-electron chi connectivity index (χ0n) is 10.7. The molecule has 6 nitrogen and oxygen atoms in total. The molecule has 0 saturated carbocycles. The van der Waals surface area contributed by atoms with Crippen LogP contribution in [0.15, 0.2) is 42.5 Å². The molecule has 21 heavy (non-hydrogen) atoms. The van der Waals surface area contributed by atoms with Crippen LogP contribution in [0.2, 0.25) is 5.02 Å². The minimum absolute atomic E-state index is 0.0613. The first-order valence-corrected chi connectivity index (χ1v) is 6.35. The molecule has 2 aromatic rings. The Morgan fingerprint density at radius 2 is 1.90 bits per heavy atom. The van der Waals surface area contributed by atoms with Crippen LogP contribution in [0.5, 0.6) is 0 Å². The second-order valence-electron chi connectivity index (χ2n) is 4.28. The van der Waals surface area contributed by atoms with E-state index in [1.54, 1.807) is 18.2 Å². The van der Waals surface area contributed by atoms with Gasteiger partial charge < -0.3 is 10.4 Å². The van der Waals surface area contributed by atoms with Gasteiger partial charge in [-0.3, -0.25) is 10.1 Å². The van der Waals surface area contributed by atoms with E-state index >= 15 is 0 Å². The van der Waals surface area contributed by atoms with Gasteiger partial charge in [0.2, 0.25) is 0 Å². The van der Waals surface area contributed by atoms with Gasteiger partial charge in [0.25, 0.3) is 5.69 Å². The van der Waals surface area contributed by atoms with Crippen LogP contribution in [0, 0.1) is 10.1 Å². The van der Waals surface area contributed by atoms with Crippen LogP contribution in [0.4, 0.5) is 11.4 Å². The molecule has 2 rings (SSSR count). The zero-order valence-corrected chi connectivity index (χ0v) is 11.5.